The molecule has 0 saturated heterocycles. The van der Waals surface area contributed by atoms with Crippen LogP contribution in [0.2, 0.25) is 0 Å². The Hall–Kier alpha value is -1.32. The van der Waals surface area contributed by atoms with Crippen molar-refractivity contribution in [3.05, 3.63) is 11.9 Å². The van der Waals surface area contributed by atoms with Gasteiger partial charge in [0.15, 0.2) is 0 Å². The van der Waals surface area contributed by atoms with E-state index in [-0.39, 0.29) is 0 Å². The van der Waals surface area contributed by atoms with Crippen LogP contribution in [0.1, 0.15) is 25.8 Å². The number of hydrogen-bond acceptors (Lipinski definition) is 4. The van der Waals surface area contributed by atoms with Crippen molar-refractivity contribution in [3.63, 3.8) is 0 Å². The van der Waals surface area contributed by atoms with Gasteiger partial charge in [0.25, 0.3) is 0 Å². The normalized spacial score (nSPS) is 12.5. The molecule has 0 bridgehead atoms. The van der Waals surface area contributed by atoms with Crippen molar-refractivity contribution in [1.29, 1.82) is 0 Å². The van der Waals surface area contributed by atoms with Gasteiger partial charge in [-0.1, -0.05) is 20.3 Å². The zero-order valence-electron chi connectivity index (χ0n) is 9.04. The molecule has 1 aromatic heterocycles. The Balaban J connectivity index is 2.63. The highest BCUT2D eigenvalue weighted by molar-refractivity contribution is 5.53. The summed E-state index contributed by atoms with van der Waals surface area (Å²) in [6.07, 6.45) is 2.65. The maximum Gasteiger partial charge on any atom is 0.134 e. The maximum absolute atomic E-state index is 5.67. The molecule has 0 aromatic carbocycles. The molecule has 1 heterocycles. The average molecular weight is 194 g/mol. The van der Waals surface area contributed by atoms with Gasteiger partial charge in [0, 0.05) is 12.1 Å². The highest BCUT2D eigenvalue weighted by Crippen LogP contribution is 2.15. The Morgan fingerprint density at radius 1 is 1.50 bits per heavy atom. The van der Waals surface area contributed by atoms with E-state index in [1.807, 2.05) is 6.92 Å². The predicted molar refractivity (Wildman–Crippen MR) is 59.1 cm³/mol. The van der Waals surface area contributed by atoms with Crippen LogP contribution in [0.4, 0.5) is 11.6 Å². The lowest BCUT2D eigenvalue weighted by Gasteiger charge is -2.12. The molecule has 0 aliphatic rings. The molecule has 1 aromatic rings. The number of nitrogen functional groups attached to an aromatic ring is 1. The summed E-state index contributed by atoms with van der Waals surface area (Å²) in [5, 5.41) is 3.27. The maximum atomic E-state index is 5.67. The number of nitrogens with two attached hydrogens (primary N) is 1. The van der Waals surface area contributed by atoms with Crippen LogP contribution >= 0.6 is 0 Å². The molecule has 3 N–H and O–H groups in total. The molecule has 1 unspecified atom stereocenters. The summed E-state index contributed by atoms with van der Waals surface area (Å²) >= 11 is 0. The van der Waals surface area contributed by atoms with Crippen LogP contribution in [0, 0.1) is 12.8 Å². The third kappa shape index (κ3) is 2.58. The number of rotatable bonds is 4. The van der Waals surface area contributed by atoms with E-state index >= 15 is 0 Å². The van der Waals surface area contributed by atoms with Crippen LogP contribution in [0.15, 0.2) is 6.33 Å². The molecule has 4 heteroatoms. The van der Waals surface area contributed by atoms with Gasteiger partial charge in [0.1, 0.15) is 18.0 Å². The lowest BCUT2D eigenvalue weighted by atomic mass is 10.1. The van der Waals surface area contributed by atoms with Crippen molar-refractivity contribution in [1.82, 2.24) is 9.97 Å². The first kappa shape index (κ1) is 10.8. The predicted octanol–water partition coefficient (Wildman–Crippen LogP) is 1.83. The van der Waals surface area contributed by atoms with Crippen LogP contribution in [-0.2, 0) is 0 Å². The van der Waals surface area contributed by atoms with E-state index in [0.29, 0.717) is 11.7 Å². The fourth-order valence-corrected chi connectivity index (χ4v) is 1.06. The van der Waals surface area contributed by atoms with Gasteiger partial charge in [-0.05, 0) is 12.8 Å². The molecule has 0 amide bonds. The molecular formula is C10H18N4. The van der Waals surface area contributed by atoms with Gasteiger partial charge in [0.05, 0.1) is 0 Å². The zero-order valence-corrected chi connectivity index (χ0v) is 9.04. The molecule has 0 spiro atoms. The number of nitrogens with one attached hydrogen (secondary N) is 1. The van der Waals surface area contributed by atoms with Crippen molar-refractivity contribution in [2.24, 2.45) is 5.92 Å². The van der Waals surface area contributed by atoms with E-state index in [2.05, 4.69) is 29.1 Å². The molecule has 78 valence electrons. The fourth-order valence-electron chi connectivity index (χ4n) is 1.06. The van der Waals surface area contributed by atoms with E-state index < -0.39 is 0 Å². The van der Waals surface area contributed by atoms with Crippen LogP contribution in [-0.4, -0.2) is 16.5 Å². The first-order valence-electron chi connectivity index (χ1n) is 4.96. The van der Waals surface area contributed by atoms with Gasteiger partial charge >= 0.3 is 0 Å². The fraction of sp³-hybridized carbons (Fsp3) is 0.600. The lowest BCUT2D eigenvalue weighted by molar-refractivity contribution is 0.592. The van der Waals surface area contributed by atoms with Crippen molar-refractivity contribution in [3.8, 4) is 0 Å². The second-order valence-corrected chi connectivity index (χ2v) is 3.63. The molecule has 4 nitrogen and oxygen atoms in total. The summed E-state index contributed by atoms with van der Waals surface area (Å²) in [6, 6.07) is 0. The van der Waals surface area contributed by atoms with Crippen molar-refractivity contribution in [2.75, 3.05) is 17.6 Å². The quantitative estimate of drug-likeness (QED) is 0.767. The molecule has 1 atom stereocenters. The highest BCUT2D eigenvalue weighted by Gasteiger charge is 2.04. The Morgan fingerprint density at radius 3 is 2.86 bits per heavy atom. The molecule has 0 aliphatic carbocycles. The van der Waals surface area contributed by atoms with Crippen LogP contribution in [0.25, 0.3) is 0 Å². The summed E-state index contributed by atoms with van der Waals surface area (Å²) in [5.74, 6) is 2.04. The van der Waals surface area contributed by atoms with E-state index in [9.17, 15) is 0 Å². The zero-order chi connectivity index (χ0) is 10.6. The minimum atomic E-state index is 0.548. The second-order valence-electron chi connectivity index (χ2n) is 3.63. The van der Waals surface area contributed by atoms with Crippen molar-refractivity contribution in [2.45, 2.75) is 27.2 Å². The Labute approximate surface area is 85.0 Å². The van der Waals surface area contributed by atoms with Crippen molar-refractivity contribution >= 4 is 11.6 Å². The van der Waals surface area contributed by atoms with Crippen LogP contribution < -0.4 is 11.1 Å². The summed E-state index contributed by atoms with van der Waals surface area (Å²) in [4.78, 5) is 8.06. The topological polar surface area (TPSA) is 63.8 Å². The molecule has 0 fully saturated rings. The number of nitrogens with zero attached hydrogens (tertiary/aromatic N) is 2. The molecule has 1 rings (SSSR count). The summed E-state index contributed by atoms with van der Waals surface area (Å²) < 4.78 is 0. The minimum Gasteiger partial charge on any atom is -0.383 e. The van der Waals surface area contributed by atoms with E-state index in [0.717, 1.165) is 24.3 Å². The van der Waals surface area contributed by atoms with Gasteiger partial charge < -0.3 is 11.1 Å². The minimum absolute atomic E-state index is 0.548. The smallest absolute Gasteiger partial charge is 0.134 e. The first-order chi connectivity index (χ1) is 6.65. The van der Waals surface area contributed by atoms with Gasteiger partial charge in [-0.15, -0.1) is 0 Å². The lowest BCUT2D eigenvalue weighted by Crippen LogP contribution is -2.13. The van der Waals surface area contributed by atoms with Gasteiger partial charge in [-0.2, -0.15) is 0 Å². The second kappa shape index (κ2) is 4.79. The number of hydrogen-bond donors (Lipinski definition) is 2. The molecule has 14 heavy (non-hydrogen) atoms. The van der Waals surface area contributed by atoms with Gasteiger partial charge in [0.2, 0.25) is 0 Å². The Bertz CT molecular complexity index is 298. The Kier molecular flexibility index (Phi) is 3.68. The molecule has 0 aliphatic heterocycles. The van der Waals surface area contributed by atoms with Gasteiger partial charge in [-0.3, -0.25) is 0 Å². The number of anilines is 2. The SMILES string of the molecule is CCC(C)CNc1ncnc(N)c1C. The molecule has 0 saturated carbocycles. The third-order valence-corrected chi connectivity index (χ3v) is 2.44. The largest absolute Gasteiger partial charge is 0.383 e. The number of aromatic nitrogens is 2. The first-order valence-corrected chi connectivity index (χ1v) is 4.96. The van der Waals surface area contributed by atoms with Crippen molar-refractivity contribution < 1.29 is 0 Å². The summed E-state index contributed by atoms with van der Waals surface area (Å²) in [7, 11) is 0. The Morgan fingerprint density at radius 2 is 2.21 bits per heavy atom. The van der Waals surface area contributed by atoms with Crippen LogP contribution in [0.5, 0.6) is 0 Å². The standard InChI is InChI=1S/C10H18N4/c1-4-7(2)5-12-10-8(3)9(11)13-6-14-10/h6-7H,4-5H2,1-3H3,(H3,11,12,13,14). The highest BCUT2D eigenvalue weighted by atomic mass is 15.0. The van der Waals surface area contributed by atoms with Crippen LogP contribution in [0.3, 0.4) is 0 Å². The monoisotopic (exact) mass is 194 g/mol. The van der Waals surface area contributed by atoms with Gasteiger partial charge in [-0.25, -0.2) is 9.97 Å². The summed E-state index contributed by atoms with van der Waals surface area (Å²) in [5.41, 5.74) is 6.60. The average Bonchev–Trinajstić information content (AvgIpc) is 2.20. The third-order valence-electron chi connectivity index (χ3n) is 2.44. The summed E-state index contributed by atoms with van der Waals surface area (Å²) in [6.45, 7) is 7.22. The molecule has 0 radical (unpaired) electrons. The van der Waals surface area contributed by atoms with E-state index in [1.165, 1.54) is 6.33 Å². The van der Waals surface area contributed by atoms with E-state index in [1.54, 1.807) is 0 Å². The molecular weight excluding hydrogens is 176 g/mol. The van der Waals surface area contributed by atoms with E-state index in [4.69, 9.17) is 5.73 Å².